The van der Waals surface area contributed by atoms with E-state index >= 15 is 0 Å². The van der Waals surface area contributed by atoms with E-state index < -0.39 is 17.7 Å². The summed E-state index contributed by atoms with van der Waals surface area (Å²) in [6.07, 6.45) is 0. The number of esters is 1. The van der Waals surface area contributed by atoms with Gasteiger partial charge < -0.3 is 14.6 Å². The second-order valence-electron chi connectivity index (χ2n) is 4.84. The van der Waals surface area contributed by atoms with Crippen LogP contribution in [0, 0.1) is 17.1 Å². The number of nitriles is 1. The number of carbonyl (C=O) groups excluding carboxylic acids is 2. The smallest absolute Gasteiger partial charge is 0.357 e. The van der Waals surface area contributed by atoms with Crippen molar-refractivity contribution in [3.8, 4) is 6.07 Å². The number of carbonyl (C=O) groups is 2. The number of thioether (sulfide) groups is 1. The number of benzene rings is 1. The first-order chi connectivity index (χ1) is 11.5. The van der Waals surface area contributed by atoms with E-state index in [1.54, 1.807) is 20.0 Å². The second kappa shape index (κ2) is 7.84. The van der Waals surface area contributed by atoms with Crippen molar-refractivity contribution in [2.24, 2.45) is 7.05 Å². The van der Waals surface area contributed by atoms with Gasteiger partial charge in [0.05, 0.1) is 40.8 Å². The SMILES string of the molecule is CCOC(=O)c1c(NC(=O)CSCC#N)c2c(F)cccc2n1C. The van der Waals surface area contributed by atoms with Crippen LogP contribution in [0.3, 0.4) is 0 Å². The van der Waals surface area contributed by atoms with Gasteiger partial charge in [0.2, 0.25) is 5.91 Å². The van der Waals surface area contributed by atoms with E-state index in [0.717, 1.165) is 11.8 Å². The number of amides is 1. The Morgan fingerprint density at radius 1 is 1.46 bits per heavy atom. The minimum Gasteiger partial charge on any atom is -0.461 e. The average Bonchev–Trinajstić information content (AvgIpc) is 2.81. The minimum atomic E-state index is -0.643. The summed E-state index contributed by atoms with van der Waals surface area (Å²) in [5.74, 6) is -1.41. The molecule has 0 unspecified atom stereocenters. The summed E-state index contributed by atoms with van der Waals surface area (Å²) in [7, 11) is 1.61. The van der Waals surface area contributed by atoms with Crippen molar-refractivity contribution in [2.75, 3.05) is 23.4 Å². The zero-order chi connectivity index (χ0) is 17.7. The van der Waals surface area contributed by atoms with Gasteiger partial charge in [-0.15, -0.1) is 11.8 Å². The molecule has 8 heteroatoms. The predicted molar refractivity (Wildman–Crippen MR) is 90.4 cm³/mol. The van der Waals surface area contributed by atoms with Crippen LogP contribution in [-0.4, -0.2) is 34.6 Å². The summed E-state index contributed by atoms with van der Waals surface area (Å²) in [6.45, 7) is 1.83. The molecular weight excluding hydrogens is 333 g/mol. The van der Waals surface area contributed by atoms with Crippen molar-refractivity contribution >= 4 is 40.2 Å². The third-order valence-electron chi connectivity index (χ3n) is 3.31. The molecule has 126 valence electrons. The Morgan fingerprint density at radius 3 is 2.88 bits per heavy atom. The van der Waals surface area contributed by atoms with Crippen LogP contribution in [0.15, 0.2) is 18.2 Å². The van der Waals surface area contributed by atoms with Crippen LogP contribution < -0.4 is 5.32 Å². The highest BCUT2D eigenvalue weighted by molar-refractivity contribution is 8.00. The molecule has 6 nitrogen and oxygen atoms in total. The predicted octanol–water partition coefficient (Wildman–Crippen LogP) is 2.69. The van der Waals surface area contributed by atoms with Gasteiger partial charge in [0, 0.05) is 7.05 Å². The number of halogens is 1. The first kappa shape index (κ1) is 17.8. The van der Waals surface area contributed by atoms with Crippen LogP contribution in [0.5, 0.6) is 0 Å². The number of rotatable bonds is 6. The van der Waals surface area contributed by atoms with Crippen LogP contribution in [0.25, 0.3) is 10.9 Å². The number of hydrogen-bond acceptors (Lipinski definition) is 5. The first-order valence-corrected chi connectivity index (χ1v) is 8.35. The Morgan fingerprint density at radius 2 is 2.21 bits per heavy atom. The summed E-state index contributed by atoms with van der Waals surface area (Å²) in [4.78, 5) is 24.3. The fraction of sp³-hybridized carbons (Fsp3) is 0.312. The van der Waals surface area contributed by atoms with Crippen molar-refractivity contribution in [2.45, 2.75) is 6.92 Å². The monoisotopic (exact) mass is 349 g/mol. The molecule has 1 aromatic carbocycles. The number of aryl methyl sites for hydroxylation is 1. The molecule has 0 radical (unpaired) electrons. The molecule has 0 aliphatic carbocycles. The molecule has 0 bridgehead atoms. The highest BCUT2D eigenvalue weighted by Crippen LogP contribution is 2.33. The van der Waals surface area contributed by atoms with Gasteiger partial charge in [-0.05, 0) is 19.1 Å². The highest BCUT2D eigenvalue weighted by Gasteiger charge is 2.25. The van der Waals surface area contributed by atoms with E-state index in [4.69, 9.17) is 10.00 Å². The molecular formula is C16H16FN3O3S. The lowest BCUT2D eigenvalue weighted by Gasteiger charge is -2.08. The van der Waals surface area contributed by atoms with Gasteiger partial charge in [0.25, 0.3) is 0 Å². The number of nitrogens with zero attached hydrogens (tertiary/aromatic N) is 2. The largest absolute Gasteiger partial charge is 0.461 e. The zero-order valence-electron chi connectivity index (χ0n) is 13.3. The van der Waals surface area contributed by atoms with Gasteiger partial charge in [-0.1, -0.05) is 6.07 Å². The van der Waals surface area contributed by atoms with Crippen molar-refractivity contribution in [3.05, 3.63) is 29.7 Å². The third-order valence-corrected chi connectivity index (χ3v) is 4.11. The first-order valence-electron chi connectivity index (χ1n) is 7.19. The van der Waals surface area contributed by atoms with E-state index in [1.165, 1.54) is 16.7 Å². The lowest BCUT2D eigenvalue weighted by molar-refractivity contribution is -0.113. The Balaban J connectivity index is 2.49. The van der Waals surface area contributed by atoms with Crippen LogP contribution >= 0.6 is 11.8 Å². The maximum atomic E-state index is 14.3. The fourth-order valence-electron chi connectivity index (χ4n) is 2.37. The summed E-state index contributed by atoms with van der Waals surface area (Å²) >= 11 is 1.13. The molecule has 0 spiro atoms. The average molecular weight is 349 g/mol. The lowest BCUT2D eigenvalue weighted by atomic mass is 10.2. The van der Waals surface area contributed by atoms with Gasteiger partial charge in [0.15, 0.2) is 5.69 Å². The molecule has 2 rings (SSSR count). The molecule has 24 heavy (non-hydrogen) atoms. The lowest BCUT2D eigenvalue weighted by Crippen LogP contribution is -2.18. The Bertz CT molecular complexity index is 826. The quantitative estimate of drug-likeness (QED) is 0.640. The summed E-state index contributed by atoms with van der Waals surface area (Å²) in [5.41, 5.74) is 0.639. The number of fused-ring (bicyclic) bond motifs is 1. The van der Waals surface area contributed by atoms with E-state index in [2.05, 4.69) is 5.32 Å². The molecule has 2 aromatic rings. The number of nitrogens with one attached hydrogen (secondary N) is 1. The number of hydrogen-bond donors (Lipinski definition) is 1. The number of ether oxygens (including phenoxy) is 1. The molecule has 0 aliphatic heterocycles. The Labute approximate surface area is 142 Å². The van der Waals surface area contributed by atoms with Gasteiger partial charge in [-0.25, -0.2) is 9.18 Å². The molecule has 0 saturated carbocycles. The highest BCUT2D eigenvalue weighted by atomic mass is 32.2. The van der Waals surface area contributed by atoms with Crippen LogP contribution in [0.1, 0.15) is 17.4 Å². The molecule has 1 amide bonds. The summed E-state index contributed by atoms with van der Waals surface area (Å²) < 4.78 is 20.8. The molecule has 1 aromatic heterocycles. The van der Waals surface area contributed by atoms with Gasteiger partial charge in [-0.2, -0.15) is 5.26 Å². The summed E-state index contributed by atoms with van der Waals surface area (Å²) in [5, 5.41) is 11.2. The molecule has 1 N–H and O–H groups in total. The molecule has 0 fully saturated rings. The maximum Gasteiger partial charge on any atom is 0.357 e. The standard InChI is InChI=1S/C16H16FN3O3S/c1-3-23-16(22)15-14(19-12(21)9-24-8-7-18)13-10(17)5-4-6-11(13)20(15)2/h4-6H,3,8-9H2,1-2H3,(H,19,21). The number of anilines is 1. The van der Waals surface area contributed by atoms with Crippen LogP contribution in [0.4, 0.5) is 10.1 Å². The van der Waals surface area contributed by atoms with Crippen molar-refractivity contribution in [1.29, 1.82) is 5.26 Å². The molecule has 0 atom stereocenters. The molecule has 0 saturated heterocycles. The third kappa shape index (κ3) is 3.51. The second-order valence-corrected chi connectivity index (χ2v) is 5.82. The maximum absolute atomic E-state index is 14.3. The Kier molecular flexibility index (Phi) is 5.82. The van der Waals surface area contributed by atoms with E-state index in [-0.39, 0.29) is 34.9 Å². The van der Waals surface area contributed by atoms with E-state index in [0.29, 0.717) is 5.52 Å². The normalized spacial score (nSPS) is 10.4. The van der Waals surface area contributed by atoms with Gasteiger partial charge >= 0.3 is 5.97 Å². The van der Waals surface area contributed by atoms with E-state index in [1.807, 2.05) is 6.07 Å². The van der Waals surface area contributed by atoms with Crippen LogP contribution in [0.2, 0.25) is 0 Å². The zero-order valence-corrected chi connectivity index (χ0v) is 14.1. The van der Waals surface area contributed by atoms with Crippen molar-refractivity contribution in [1.82, 2.24) is 4.57 Å². The number of aromatic nitrogens is 1. The van der Waals surface area contributed by atoms with Gasteiger partial charge in [0.1, 0.15) is 5.82 Å². The van der Waals surface area contributed by atoms with E-state index in [9.17, 15) is 14.0 Å². The summed E-state index contributed by atoms with van der Waals surface area (Å²) in [6, 6.07) is 6.36. The fourth-order valence-corrected chi connectivity index (χ4v) is 2.82. The van der Waals surface area contributed by atoms with Crippen molar-refractivity contribution in [3.63, 3.8) is 0 Å². The topological polar surface area (TPSA) is 84.1 Å². The molecule has 1 heterocycles. The Hall–Kier alpha value is -2.53. The van der Waals surface area contributed by atoms with Gasteiger partial charge in [-0.3, -0.25) is 4.79 Å². The molecule has 0 aliphatic rings. The van der Waals surface area contributed by atoms with Crippen LogP contribution in [-0.2, 0) is 16.6 Å². The van der Waals surface area contributed by atoms with Crippen molar-refractivity contribution < 1.29 is 18.7 Å². The minimum absolute atomic E-state index is 0.0284.